The van der Waals surface area contributed by atoms with Crippen LogP contribution in [0.15, 0.2) is 0 Å². The Morgan fingerprint density at radius 2 is 2.29 bits per heavy atom. The fourth-order valence-corrected chi connectivity index (χ4v) is 4.37. The van der Waals surface area contributed by atoms with Crippen molar-refractivity contribution in [3.05, 3.63) is 0 Å². The van der Waals surface area contributed by atoms with Crippen molar-refractivity contribution in [2.75, 3.05) is 31.1 Å². The number of likely N-dealkylation sites (tertiary alicyclic amines) is 1. The standard InChI is InChI=1S/C11H20N2S/c12-7-11-3-1-2-9(11)4-13(8-11)10-5-14-6-10/h9-10H,1-8,12H2. The lowest BCUT2D eigenvalue weighted by molar-refractivity contribution is 0.220. The lowest BCUT2D eigenvalue weighted by Crippen LogP contribution is -2.45. The van der Waals surface area contributed by atoms with Gasteiger partial charge in [-0.05, 0) is 30.7 Å². The summed E-state index contributed by atoms with van der Waals surface area (Å²) in [7, 11) is 0. The average Bonchev–Trinajstić information content (AvgIpc) is 2.57. The SMILES string of the molecule is NCC12CCCC1CN(C1CSC1)C2. The van der Waals surface area contributed by atoms with Gasteiger partial charge in [0.05, 0.1) is 0 Å². The Kier molecular flexibility index (Phi) is 2.30. The van der Waals surface area contributed by atoms with Crippen LogP contribution >= 0.6 is 11.8 Å². The highest BCUT2D eigenvalue weighted by Crippen LogP contribution is 2.49. The molecule has 3 heteroatoms. The molecule has 2 N–H and O–H groups in total. The zero-order valence-corrected chi connectivity index (χ0v) is 9.56. The molecule has 0 aromatic rings. The average molecular weight is 212 g/mol. The molecule has 0 aromatic carbocycles. The smallest absolute Gasteiger partial charge is 0.0277 e. The lowest BCUT2D eigenvalue weighted by atomic mass is 9.81. The van der Waals surface area contributed by atoms with Gasteiger partial charge in [0.25, 0.3) is 0 Å². The van der Waals surface area contributed by atoms with Crippen LogP contribution in [0.3, 0.4) is 0 Å². The fraction of sp³-hybridized carbons (Fsp3) is 1.00. The minimum Gasteiger partial charge on any atom is -0.330 e. The van der Waals surface area contributed by atoms with Crippen molar-refractivity contribution >= 4 is 11.8 Å². The molecule has 0 bridgehead atoms. The van der Waals surface area contributed by atoms with Crippen LogP contribution in [0.4, 0.5) is 0 Å². The Morgan fingerprint density at radius 1 is 1.43 bits per heavy atom. The van der Waals surface area contributed by atoms with E-state index in [-0.39, 0.29) is 0 Å². The van der Waals surface area contributed by atoms with Gasteiger partial charge in [0.2, 0.25) is 0 Å². The van der Waals surface area contributed by atoms with Crippen LogP contribution in [0.2, 0.25) is 0 Å². The minimum absolute atomic E-state index is 0.528. The molecular weight excluding hydrogens is 192 g/mol. The van der Waals surface area contributed by atoms with E-state index in [0.717, 1.165) is 18.5 Å². The maximum Gasteiger partial charge on any atom is 0.0277 e. The molecule has 1 aliphatic carbocycles. The van der Waals surface area contributed by atoms with Crippen molar-refractivity contribution < 1.29 is 0 Å². The van der Waals surface area contributed by atoms with Crippen LogP contribution in [0.5, 0.6) is 0 Å². The number of thioether (sulfide) groups is 1. The molecule has 2 nitrogen and oxygen atoms in total. The highest BCUT2D eigenvalue weighted by atomic mass is 32.2. The van der Waals surface area contributed by atoms with Gasteiger partial charge in [-0.15, -0.1) is 0 Å². The Morgan fingerprint density at radius 3 is 2.86 bits per heavy atom. The van der Waals surface area contributed by atoms with E-state index in [1.807, 2.05) is 0 Å². The monoisotopic (exact) mass is 212 g/mol. The van der Waals surface area contributed by atoms with E-state index in [4.69, 9.17) is 5.73 Å². The molecule has 2 aliphatic heterocycles. The Bertz CT molecular complexity index is 229. The van der Waals surface area contributed by atoms with Gasteiger partial charge in [0.15, 0.2) is 0 Å². The topological polar surface area (TPSA) is 29.3 Å². The van der Waals surface area contributed by atoms with E-state index in [0.29, 0.717) is 5.41 Å². The summed E-state index contributed by atoms with van der Waals surface area (Å²) >= 11 is 2.09. The second kappa shape index (κ2) is 3.39. The molecule has 3 fully saturated rings. The van der Waals surface area contributed by atoms with Gasteiger partial charge in [-0.2, -0.15) is 11.8 Å². The van der Waals surface area contributed by atoms with Gasteiger partial charge >= 0.3 is 0 Å². The first-order valence-electron chi connectivity index (χ1n) is 5.86. The molecule has 2 atom stereocenters. The quantitative estimate of drug-likeness (QED) is 0.745. The number of rotatable bonds is 2. The zero-order valence-electron chi connectivity index (χ0n) is 8.74. The number of hydrogen-bond acceptors (Lipinski definition) is 3. The zero-order chi connectivity index (χ0) is 9.60. The number of nitrogens with zero attached hydrogens (tertiary/aromatic N) is 1. The van der Waals surface area contributed by atoms with E-state index in [2.05, 4.69) is 16.7 Å². The van der Waals surface area contributed by atoms with E-state index in [9.17, 15) is 0 Å². The fourth-order valence-electron chi connectivity index (χ4n) is 3.50. The third-order valence-corrected chi connectivity index (χ3v) is 5.85. The lowest BCUT2D eigenvalue weighted by Gasteiger charge is -2.35. The summed E-state index contributed by atoms with van der Waals surface area (Å²) in [5.41, 5.74) is 6.53. The van der Waals surface area contributed by atoms with Crippen LogP contribution in [-0.4, -0.2) is 42.1 Å². The second-order valence-corrected chi connectivity index (χ2v) is 6.35. The molecule has 2 heterocycles. The number of fused-ring (bicyclic) bond motifs is 1. The van der Waals surface area contributed by atoms with E-state index in [1.54, 1.807) is 0 Å². The summed E-state index contributed by atoms with van der Waals surface area (Å²) in [5, 5.41) is 0. The Balaban J connectivity index is 1.72. The highest BCUT2D eigenvalue weighted by Gasteiger charge is 2.50. The first-order valence-corrected chi connectivity index (χ1v) is 7.01. The van der Waals surface area contributed by atoms with Crippen LogP contribution < -0.4 is 5.73 Å². The summed E-state index contributed by atoms with van der Waals surface area (Å²) in [6.45, 7) is 3.58. The molecule has 0 amide bonds. The second-order valence-electron chi connectivity index (χ2n) is 5.28. The van der Waals surface area contributed by atoms with Gasteiger partial charge in [0.1, 0.15) is 0 Å². The van der Waals surface area contributed by atoms with Gasteiger partial charge in [0, 0.05) is 30.6 Å². The first-order chi connectivity index (χ1) is 6.84. The van der Waals surface area contributed by atoms with Crippen molar-refractivity contribution in [2.45, 2.75) is 25.3 Å². The number of hydrogen-bond donors (Lipinski definition) is 1. The van der Waals surface area contributed by atoms with Crippen LogP contribution in [-0.2, 0) is 0 Å². The molecule has 1 saturated carbocycles. The summed E-state index contributed by atoms with van der Waals surface area (Å²) in [4.78, 5) is 2.73. The number of nitrogens with two attached hydrogens (primary N) is 1. The molecule has 3 rings (SSSR count). The summed E-state index contributed by atoms with van der Waals surface area (Å²) in [6, 6.07) is 0.897. The highest BCUT2D eigenvalue weighted by molar-refractivity contribution is 8.00. The summed E-state index contributed by atoms with van der Waals surface area (Å²) in [6.07, 6.45) is 4.26. The van der Waals surface area contributed by atoms with E-state index >= 15 is 0 Å². The van der Waals surface area contributed by atoms with Gasteiger partial charge in [-0.1, -0.05) is 6.42 Å². The predicted octanol–water partition coefficient (Wildman–Crippen LogP) is 1.16. The maximum absolute atomic E-state index is 6.00. The van der Waals surface area contributed by atoms with Crippen molar-refractivity contribution in [2.24, 2.45) is 17.1 Å². The Hall–Kier alpha value is 0.270. The van der Waals surface area contributed by atoms with E-state index in [1.165, 1.54) is 43.9 Å². The summed E-state index contributed by atoms with van der Waals surface area (Å²) in [5.74, 6) is 3.67. The summed E-state index contributed by atoms with van der Waals surface area (Å²) < 4.78 is 0. The van der Waals surface area contributed by atoms with Gasteiger partial charge in [-0.3, -0.25) is 4.90 Å². The third kappa shape index (κ3) is 1.25. The molecule has 2 unspecified atom stereocenters. The molecule has 0 aromatic heterocycles. The molecule has 0 radical (unpaired) electrons. The third-order valence-electron chi connectivity index (χ3n) is 4.61. The minimum atomic E-state index is 0.528. The van der Waals surface area contributed by atoms with Gasteiger partial charge < -0.3 is 5.73 Å². The molecular formula is C11H20N2S. The molecule has 0 spiro atoms. The molecule has 2 saturated heterocycles. The van der Waals surface area contributed by atoms with Crippen molar-refractivity contribution in [3.8, 4) is 0 Å². The van der Waals surface area contributed by atoms with Crippen molar-refractivity contribution in [1.29, 1.82) is 0 Å². The van der Waals surface area contributed by atoms with Crippen molar-refractivity contribution in [3.63, 3.8) is 0 Å². The van der Waals surface area contributed by atoms with Gasteiger partial charge in [-0.25, -0.2) is 0 Å². The first kappa shape index (κ1) is 9.49. The molecule has 3 aliphatic rings. The van der Waals surface area contributed by atoms with Crippen molar-refractivity contribution in [1.82, 2.24) is 4.90 Å². The maximum atomic E-state index is 6.00. The van der Waals surface area contributed by atoms with Crippen LogP contribution in [0.1, 0.15) is 19.3 Å². The normalized spacial score (nSPS) is 43.9. The molecule has 14 heavy (non-hydrogen) atoms. The predicted molar refractivity (Wildman–Crippen MR) is 61.5 cm³/mol. The van der Waals surface area contributed by atoms with Crippen LogP contribution in [0, 0.1) is 11.3 Å². The Labute approximate surface area is 90.6 Å². The van der Waals surface area contributed by atoms with Crippen LogP contribution in [0.25, 0.3) is 0 Å². The molecule has 80 valence electrons. The largest absolute Gasteiger partial charge is 0.330 e. The van der Waals surface area contributed by atoms with E-state index < -0.39 is 0 Å².